The van der Waals surface area contributed by atoms with Crippen LogP contribution in [0.5, 0.6) is 0 Å². The predicted octanol–water partition coefficient (Wildman–Crippen LogP) is 3.34. The quantitative estimate of drug-likeness (QED) is 0.749. The van der Waals surface area contributed by atoms with Gasteiger partial charge in [-0.2, -0.15) is 0 Å². The van der Waals surface area contributed by atoms with Crippen LogP contribution in [0.3, 0.4) is 0 Å². The molecule has 0 spiro atoms. The van der Waals surface area contributed by atoms with Gasteiger partial charge in [0.2, 0.25) is 0 Å². The lowest BCUT2D eigenvalue weighted by molar-refractivity contribution is -0.119. The molecule has 1 heterocycles. The van der Waals surface area contributed by atoms with Crippen LogP contribution in [0, 0.1) is 6.92 Å². The zero-order valence-electron chi connectivity index (χ0n) is 13.2. The fourth-order valence-corrected chi connectivity index (χ4v) is 2.32. The van der Waals surface area contributed by atoms with Crippen molar-refractivity contribution >= 4 is 28.3 Å². The average molecular weight is 320 g/mol. The summed E-state index contributed by atoms with van der Waals surface area (Å²) >= 11 is 0. The number of hydrogen-bond acceptors (Lipinski definition) is 4. The van der Waals surface area contributed by atoms with Gasteiger partial charge in [-0.1, -0.05) is 36.4 Å². The summed E-state index contributed by atoms with van der Waals surface area (Å²) in [7, 11) is 0. The Labute approximate surface area is 139 Å². The van der Waals surface area contributed by atoms with E-state index in [2.05, 4.69) is 10.3 Å². The van der Waals surface area contributed by atoms with Gasteiger partial charge in [0.05, 0.1) is 5.56 Å². The minimum Gasteiger partial charge on any atom is -0.452 e. The van der Waals surface area contributed by atoms with Crippen LogP contribution in [-0.4, -0.2) is 23.5 Å². The Bertz CT molecular complexity index is 883. The Morgan fingerprint density at radius 1 is 1.04 bits per heavy atom. The molecule has 3 rings (SSSR count). The Balaban J connectivity index is 1.63. The Morgan fingerprint density at radius 2 is 1.83 bits per heavy atom. The predicted molar refractivity (Wildman–Crippen MR) is 91.8 cm³/mol. The summed E-state index contributed by atoms with van der Waals surface area (Å²) < 4.78 is 5.02. The maximum Gasteiger partial charge on any atom is 0.340 e. The SMILES string of the molecule is Cc1ccc(C(=O)OCC(=O)Nc2cccc3ccccc23)cn1. The number of amides is 1. The zero-order chi connectivity index (χ0) is 16.9. The second kappa shape index (κ2) is 6.91. The van der Waals surface area contributed by atoms with E-state index in [0.717, 1.165) is 16.5 Å². The van der Waals surface area contributed by atoms with Crippen LogP contribution in [0.25, 0.3) is 10.8 Å². The first-order valence-corrected chi connectivity index (χ1v) is 7.51. The molecule has 0 fully saturated rings. The van der Waals surface area contributed by atoms with Gasteiger partial charge in [0.25, 0.3) is 5.91 Å². The van der Waals surface area contributed by atoms with Crippen molar-refractivity contribution in [3.63, 3.8) is 0 Å². The molecule has 0 atom stereocenters. The van der Waals surface area contributed by atoms with E-state index in [1.807, 2.05) is 49.4 Å². The smallest absolute Gasteiger partial charge is 0.340 e. The number of esters is 1. The number of hydrogen-bond donors (Lipinski definition) is 1. The van der Waals surface area contributed by atoms with Gasteiger partial charge in [-0.15, -0.1) is 0 Å². The Hall–Kier alpha value is -3.21. The fourth-order valence-electron chi connectivity index (χ4n) is 2.32. The van der Waals surface area contributed by atoms with Crippen molar-refractivity contribution in [2.24, 2.45) is 0 Å². The lowest BCUT2D eigenvalue weighted by Gasteiger charge is -2.09. The van der Waals surface area contributed by atoms with Crippen molar-refractivity contribution in [1.29, 1.82) is 0 Å². The lowest BCUT2D eigenvalue weighted by Crippen LogP contribution is -2.21. The lowest BCUT2D eigenvalue weighted by atomic mass is 10.1. The molecule has 120 valence electrons. The first kappa shape index (κ1) is 15.7. The highest BCUT2D eigenvalue weighted by atomic mass is 16.5. The maximum atomic E-state index is 12.0. The average Bonchev–Trinajstić information content (AvgIpc) is 2.61. The summed E-state index contributed by atoms with van der Waals surface area (Å²) in [6, 6.07) is 16.7. The van der Waals surface area contributed by atoms with E-state index in [1.54, 1.807) is 12.1 Å². The first-order valence-electron chi connectivity index (χ1n) is 7.51. The molecule has 0 aliphatic heterocycles. The zero-order valence-corrected chi connectivity index (χ0v) is 13.2. The molecule has 0 aliphatic rings. The van der Waals surface area contributed by atoms with Gasteiger partial charge in [-0.25, -0.2) is 4.79 Å². The number of carbonyl (C=O) groups excluding carboxylic acids is 2. The number of nitrogens with one attached hydrogen (secondary N) is 1. The largest absolute Gasteiger partial charge is 0.452 e. The molecule has 2 aromatic carbocycles. The first-order chi connectivity index (χ1) is 11.6. The molecule has 0 aliphatic carbocycles. The topological polar surface area (TPSA) is 68.3 Å². The highest BCUT2D eigenvalue weighted by Gasteiger charge is 2.11. The van der Waals surface area contributed by atoms with E-state index >= 15 is 0 Å². The molecular weight excluding hydrogens is 304 g/mol. The van der Waals surface area contributed by atoms with Crippen molar-refractivity contribution in [2.45, 2.75) is 6.92 Å². The summed E-state index contributed by atoms with van der Waals surface area (Å²) in [4.78, 5) is 28.0. The summed E-state index contributed by atoms with van der Waals surface area (Å²) in [5.74, 6) is -0.963. The molecule has 0 unspecified atom stereocenters. The van der Waals surface area contributed by atoms with Crippen LogP contribution in [0.1, 0.15) is 16.1 Å². The molecule has 1 amide bonds. The van der Waals surface area contributed by atoms with Crippen LogP contribution >= 0.6 is 0 Å². The molecular formula is C19H16N2O3. The Morgan fingerprint density at radius 3 is 2.62 bits per heavy atom. The van der Waals surface area contributed by atoms with Gasteiger partial charge in [0.1, 0.15) is 0 Å². The van der Waals surface area contributed by atoms with Crippen LogP contribution in [0.2, 0.25) is 0 Å². The fraction of sp³-hybridized carbons (Fsp3) is 0.105. The molecule has 24 heavy (non-hydrogen) atoms. The standard InChI is InChI=1S/C19H16N2O3/c1-13-9-10-15(11-20-13)19(23)24-12-18(22)21-17-8-4-6-14-5-2-3-7-16(14)17/h2-11H,12H2,1H3,(H,21,22). The minimum atomic E-state index is -0.574. The van der Waals surface area contributed by atoms with E-state index in [9.17, 15) is 9.59 Å². The van der Waals surface area contributed by atoms with E-state index in [-0.39, 0.29) is 12.5 Å². The van der Waals surface area contributed by atoms with Crippen LogP contribution < -0.4 is 5.32 Å². The summed E-state index contributed by atoms with van der Waals surface area (Å²) in [5, 5.41) is 4.73. The van der Waals surface area contributed by atoms with Gasteiger partial charge in [-0.05, 0) is 30.5 Å². The van der Waals surface area contributed by atoms with E-state index < -0.39 is 5.97 Å². The molecule has 5 heteroatoms. The van der Waals surface area contributed by atoms with Crippen LogP contribution in [0.15, 0.2) is 60.8 Å². The van der Waals surface area contributed by atoms with Crippen molar-refractivity contribution < 1.29 is 14.3 Å². The van der Waals surface area contributed by atoms with Crippen LogP contribution in [0.4, 0.5) is 5.69 Å². The summed E-state index contributed by atoms with van der Waals surface area (Å²) in [6.45, 7) is 1.47. The molecule has 1 aromatic heterocycles. The number of pyridine rings is 1. The summed E-state index contributed by atoms with van der Waals surface area (Å²) in [5.41, 5.74) is 1.81. The van der Waals surface area contributed by atoms with Gasteiger partial charge >= 0.3 is 5.97 Å². The number of aromatic nitrogens is 1. The number of nitrogens with zero attached hydrogens (tertiary/aromatic N) is 1. The Kier molecular flexibility index (Phi) is 4.52. The van der Waals surface area contributed by atoms with Gasteiger partial charge in [-0.3, -0.25) is 9.78 Å². The molecule has 0 saturated heterocycles. The van der Waals surface area contributed by atoms with Gasteiger partial charge in [0.15, 0.2) is 6.61 Å². The van der Waals surface area contributed by atoms with E-state index in [4.69, 9.17) is 4.74 Å². The number of benzene rings is 2. The van der Waals surface area contributed by atoms with Crippen molar-refractivity contribution in [3.8, 4) is 0 Å². The molecule has 1 N–H and O–H groups in total. The number of rotatable bonds is 4. The van der Waals surface area contributed by atoms with Gasteiger partial charge < -0.3 is 10.1 Å². The number of ether oxygens (including phenoxy) is 1. The molecule has 5 nitrogen and oxygen atoms in total. The monoisotopic (exact) mass is 320 g/mol. The highest BCUT2D eigenvalue weighted by Crippen LogP contribution is 2.22. The summed E-state index contributed by atoms with van der Waals surface area (Å²) in [6.07, 6.45) is 1.43. The van der Waals surface area contributed by atoms with E-state index in [1.165, 1.54) is 6.20 Å². The van der Waals surface area contributed by atoms with Gasteiger partial charge in [0, 0.05) is 23.0 Å². The third kappa shape index (κ3) is 3.57. The number of anilines is 1. The highest BCUT2D eigenvalue weighted by molar-refractivity contribution is 6.03. The normalized spacial score (nSPS) is 10.4. The third-order valence-electron chi connectivity index (χ3n) is 3.55. The number of fused-ring (bicyclic) bond motifs is 1. The third-order valence-corrected chi connectivity index (χ3v) is 3.55. The molecule has 0 bridgehead atoms. The molecule has 3 aromatic rings. The minimum absolute atomic E-state index is 0.318. The van der Waals surface area contributed by atoms with Crippen LogP contribution in [-0.2, 0) is 9.53 Å². The van der Waals surface area contributed by atoms with Crippen molar-refractivity contribution in [2.75, 3.05) is 11.9 Å². The van der Waals surface area contributed by atoms with E-state index in [0.29, 0.717) is 11.3 Å². The maximum absolute atomic E-state index is 12.0. The number of aryl methyl sites for hydroxylation is 1. The van der Waals surface area contributed by atoms with Crippen molar-refractivity contribution in [1.82, 2.24) is 4.98 Å². The van der Waals surface area contributed by atoms with Crippen molar-refractivity contribution in [3.05, 3.63) is 72.1 Å². The number of carbonyl (C=O) groups is 2. The second-order valence-electron chi connectivity index (χ2n) is 5.34. The second-order valence-corrected chi connectivity index (χ2v) is 5.34. The molecule has 0 saturated carbocycles. The molecule has 0 radical (unpaired) electrons.